The standard InChI is InChI=1S/C12H21NO5/c14-8-9(15)7-13-10(16)5-12(6-11(17)18)3-1-2-4-12/h9,14-15H,1-8H2,(H,13,16)(H,17,18). The zero-order valence-electron chi connectivity index (χ0n) is 10.4. The Balaban J connectivity index is 2.46. The van der Waals surface area contributed by atoms with Crippen molar-refractivity contribution in [2.75, 3.05) is 13.2 Å². The van der Waals surface area contributed by atoms with Crippen molar-refractivity contribution in [3.8, 4) is 0 Å². The fraction of sp³-hybridized carbons (Fsp3) is 0.833. The summed E-state index contributed by atoms with van der Waals surface area (Å²) in [6.45, 7) is -0.404. The van der Waals surface area contributed by atoms with Crippen LogP contribution in [-0.2, 0) is 9.59 Å². The van der Waals surface area contributed by atoms with E-state index in [4.69, 9.17) is 15.3 Å². The molecule has 18 heavy (non-hydrogen) atoms. The van der Waals surface area contributed by atoms with Gasteiger partial charge in [-0.05, 0) is 18.3 Å². The van der Waals surface area contributed by atoms with E-state index < -0.39 is 24.1 Å². The first kappa shape index (κ1) is 14.9. The first-order chi connectivity index (χ1) is 8.47. The van der Waals surface area contributed by atoms with E-state index in [1.165, 1.54) is 0 Å². The summed E-state index contributed by atoms with van der Waals surface area (Å²) < 4.78 is 0. The molecule has 0 saturated heterocycles. The maximum atomic E-state index is 11.7. The number of carbonyl (C=O) groups excluding carboxylic acids is 1. The van der Waals surface area contributed by atoms with Crippen molar-refractivity contribution in [2.24, 2.45) is 5.41 Å². The Hall–Kier alpha value is -1.14. The topological polar surface area (TPSA) is 107 Å². The lowest BCUT2D eigenvalue weighted by Crippen LogP contribution is -2.37. The molecule has 1 saturated carbocycles. The van der Waals surface area contributed by atoms with Crippen molar-refractivity contribution in [3.63, 3.8) is 0 Å². The maximum absolute atomic E-state index is 11.7. The van der Waals surface area contributed by atoms with E-state index >= 15 is 0 Å². The summed E-state index contributed by atoms with van der Waals surface area (Å²) in [5, 5.41) is 29.2. The van der Waals surface area contributed by atoms with Crippen LogP contribution in [0.5, 0.6) is 0 Å². The fourth-order valence-corrected chi connectivity index (χ4v) is 2.56. The van der Waals surface area contributed by atoms with Gasteiger partial charge in [0, 0.05) is 13.0 Å². The van der Waals surface area contributed by atoms with Gasteiger partial charge in [0.2, 0.25) is 5.91 Å². The minimum atomic E-state index is -0.965. The number of nitrogens with one attached hydrogen (secondary N) is 1. The molecule has 6 heteroatoms. The number of aliphatic hydroxyl groups is 2. The van der Waals surface area contributed by atoms with Gasteiger partial charge in [-0.3, -0.25) is 9.59 Å². The second-order valence-electron chi connectivity index (χ2n) is 5.09. The van der Waals surface area contributed by atoms with Crippen molar-refractivity contribution in [1.82, 2.24) is 5.32 Å². The van der Waals surface area contributed by atoms with Gasteiger partial charge in [-0.25, -0.2) is 0 Å². The Labute approximate surface area is 106 Å². The van der Waals surface area contributed by atoms with Gasteiger partial charge in [0.15, 0.2) is 0 Å². The van der Waals surface area contributed by atoms with Gasteiger partial charge < -0.3 is 20.6 Å². The summed E-state index contributed by atoms with van der Waals surface area (Å²) >= 11 is 0. The number of aliphatic carboxylic acids is 1. The van der Waals surface area contributed by atoms with Crippen LogP contribution < -0.4 is 5.32 Å². The average molecular weight is 259 g/mol. The number of carboxylic acids is 1. The molecule has 0 aromatic carbocycles. The van der Waals surface area contributed by atoms with E-state index in [9.17, 15) is 9.59 Å². The Morgan fingerprint density at radius 2 is 1.83 bits per heavy atom. The summed E-state index contributed by atoms with van der Waals surface area (Å²) in [6, 6.07) is 0. The number of hydrogen-bond donors (Lipinski definition) is 4. The molecule has 0 spiro atoms. The molecule has 104 valence electrons. The second-order valence-corrected chi connectivity index (χ2v) is 5.09. The Morgan fingerprint density at radius 3 is 2.33 bits per heavy atom. The van der Waals surface area contributed by atoms with Gasteiger partial charge in [-0.15, -0.1) is 0 Å². The third-order valence-corrected chi connectivity index (χ3v) is 3.47. The van der Waals surface area contributed by atoms with Crippen molar-refractivity contribution in [3.05, 3.63) is 0 Å². The highest BCUT2D eigenvalue weighted by atomic mass is 16.4. The van der Waals surface area contributed by atoms with Crippen LogP contribution >= 0.6 is 0 Å². The number of amides is 1. The van der Waals surface area contributed by atoms with Crippen LogP contribution in [0.4, 0.5) is 0 Å². The van der Waals surface area contributed by atoms with Gasteiger partial charge in [-0.1, -0.05) is 12.8 Å². The third kappa shape index (κ3) is 4.62. The summed E-state index contributed by atoms with van der Waals surface area (Å²) in [4.78, 5) is 22.6. The van der Waals surface area contributed by atoms with Crippen molar-refractivity contribution < 1.29 is 24.9 Å². The Morgan fingerprint density at radius 1 is 1.22 bits per heavy atom. The first-order valence-corrected chi connectivity index (χ1v) is 6.25. The quantitative estimate of drug-likeness (QED) is 0.510. The summed E-state index contributed by atoms with van der Waals surface area (Å²) in [7, 11) is 0. The summed E-state index contributed by atoms with van der Waals surface area (Å²) in [5.74, 6) is -1.13. The molecule has 0 heterocycles. The van der Waals surface area contributed by atoms with E-state index in [1.807, 2.05) is 0 Å². The molecule has 1 rings (SSSR count). The zero-order valence-corrected chi connectivity index (χ0v) is 10.4. The average Bonchev–Trinajstić information content (AvgIpc) is 2.73. The number of carbonyl (C=O) groups is 2. The van der Waals surface area contributed by atoms with Crippen molar-refractivity contribution in [2.45, 2.75) is 44.6 Å². The van der Waals surface area contributed by atoms with E-state index in [-0.39, 0.29) is 25.3 Å². The SMILES string of the molecule is O=C(O)CC1(CC(=O)NCC(O)CO)CCCC1. The second kappa shape index (κ2) is 6.70. The zero-order chi connectivity index (χ0) is 13.6. The van der Waals surface area contributed by atoms with Gasteiger partial charge in [0.25, 0.3) is 0 Å². The van der Waals surface area contributed by atoms with E-state index in [0.717, 1.165) is 25.7 Å². The highest BCUT2D eigenvalue weighted by Gasteiger charge is 2.37. The molecule has 1 aliphatic carbocycles. The van der Waals surface area contributed by atoms with Crippen LogP contribution in [0, 0.1) is 5.41 Å². The molecule has 1 amide bonds. The van der Waals surface area contributed by atoms with E-state index in [2.05, 4.69) is 5.32 Å². The number of rotatable bonds is 7. The van der Waals surface area contributed by atoms with Gasteiger partial charge >= 0.3 is 5.97 Å². The summed E-state index contributed by atoms with van der Waals surface area (Å²) in [6.07, 6.45) is 2.66. The lowest BCUT2D eigenvalue weighted by molar-refractivity contribution is -0.140. The largest absolute Gasteiger partial charge is 0.481 e. The first-order valence-electron chi connectivity index (χ1n) is 6.25. The maximum Gasteiger partial charge on any atom is 0.303 e. The van der Waals surface area contributed by atoms with Crippen molar-refractivity contribution in [1.29, 1.82) is 0 Å². The molecule has 6 nitrogen and oxygen atoms in total. The third-order valence-electron chi connectivity index (χ3n) is 3.47. The van der Waals surface area contributed by atoms with Crippen molar-refractivity contribution >= 4 is 11.9 Å². The molecule has 0 radical (unpaired) electrons. The van der Waals surface area contributed by atoms with Gasteiger partial charge in [-0.2, -0.15) is 0 Å². The lowest BCUT2D eigenvalue weighted by atomic mass is 9.79. The normalized spacial score (nSPS) is 19.4. The highest BCUT2D eigenvalue weighted by molar-refractivity contribution is 5.78. The molecule has 1 unspecified atom stereocenters. The minimum Gasteiger partial charge on any atom is -0.481 e. The molecule has 1 aliphatic rings. The Kier molecular flexibility index (Phi) is 5.55. The van der Waals surface area contributed by atoms with Gasteiger partial charge in [0.05, 0.1) is 19.1 Å². The van der Waals surface area contributed by atoms with Crippen LogP contribution in [-0.4, -0.2) is 46.5 Å². The molecular formula is C12H21NO5. The van der Waals surface area contributed by atoms with Crippen LogP contribution in [0.15, 0.2) is 0 Å². The molecule has 0 aromatic heterocycles. The van der Waals surface area contributed by atoms with Gasteiger partial charge in [0.1, 0.15) is 0 Å². The molecule has 1 fully saturated rings. The fourth-order valence-electron chi connectivity index (χ4n) is 2.56. The molecule has 1 atom stereocenters. The molecule has 0 aromatic rings. The van der Waals surface area contributed by atoms with E-state index in [1.54, 1.807) is 0 Å². The number of carboxylic acid groups (broad SMARTS) is 1. The predicted molar refractivity (Wildman–Crippen MR) is 63.9 cm³/mol. The predicted octanol–water partition coefficient (Wildman–Crippen LogP) is -0.119. The molecule has 0 bridgehead atoms. The van der Waals surface area contributed by atoms with Crippen LogP contribution in [0.1, 0.15) is 38.5 Å². The monoisotopic (exact) mass is 259 g/mol. The minimum absolute atomic E-state index is 0.00150. The van der Waals surface area contributed by atoms with Crippen LogP contribution in [0.25, 0.3) is 0 Å². The van der Waals surface area contributed by atoms with Crippen LogP contribution in [0.2, 0.25) is 0 Å². The lowest BCUT2D eigenvalue weighted by Gasteiger charge is -2.26. The number of aliphatic hydroxyl groups excluding tert-OH is 2. The number of hydrogen-bond acceptors (Lipinski definition) is 4. The summed E-state index contributed by atoms with van der Waals surface area (Å²) in [5.41, 5.74) is -0.430. The molecule has 4 N–H and O–H groups in total. The molecule has 0 aliphatic heterocycles. The van der Waals surface area contributed by atoms with Crippen LogP contribution in [0.3, 0.4) is 0 Å². The highest BCUT2D eigenvalue weighted by Crippen LogP contribution is 2.43. The molecular weight excluding hydrogens is 238 g/mol. The smallest absolute Gasteiger partial charge is 0.303 e. The Bertz CT molecular complexity index is 299. The van der Waals surface area contributed by atoms with E-state index in [0.29, 0.717) is 0 Å².